The Bertz CT molecular complexity index is 798. The van der Waals surface area contributed by atoms with Crippen LogP contribution in [0.2, 0.25) is 0 Å². The SMILES string of the molecule is COC(=O)c1ccc(CN2[C@H](C)CN(C(=O)Sc3ccccc3)C[C@@H]2C)cc1. The molecule has 0 aliphatic carbocycles. The number of thioether (sulfide) groups is 1. The molecule has 1 aliphatic rings. The first-order chi connectivity index (χ1) is 13.5. The Morgan fingerprint density at radius 2 is 1.61 bits per heavy atom. The summed E-state index contributed by atoms with van der Waals surface area (Å²) in [4.78, 5) is 29.6. The van der Waals surface area contributed by atoms with Crippen LogP contribution < -0.4 is 0 Å². The fourth-order valence-corrected chi connectivity index (χ4v) is 4.32. The Kier molecular flexibility index (Phi) is 6.75. The van der Waals surface area contributed by atoms with Gasteiger partial charge in [0.15, 0.2) is 0 Å². The van der Waals surface area contributed by atoms with Crippen molar-refractivity contribution in [2.75, 3.05) is 20.2 Å². The van der Waals surface area contributed by atoms with Crippen molar-refractivity contribution in [3.8, 4) is 0 Å². The molecule has 6 heteroatoms. The van der Waals surface area contributed by atoms with Crippen LogP contribution in [0.15, 0.2) is 59.5 Å². The monoisotopic (exact) mass is 398 g/mol. The molecule has 0 spiro atoms. The average molecular weight is 399 g/mol. The Morgan fingerprint density at radius 3 is 2.18 bits per heavy atom. The fraction of sp³-hybridized carbons (Fsp3) is 0.364. The fourth-order valence-electron chi connectivity index (χ4n) is 3.55. The normalized spacial score (nSPS) is 20.0. The second kappa shape index (κ2) is 9.26. The standard InChI is InChI=1S/C22H26N2O3S/c1-16-13-23(22(26)28-20-7-5-4-6-8-20)14-17(2)24(16)15-18-9-11-19(12-10-18)21(25)27-3/h4-12,16-17H,13-15H2,1-3H3/t16-,17+. The number of nitrogens with zero attached hydrogens (tertiary/aromatic N) is 2. The molecule has 2 aromatic rings. The number of hydrogen-bond acceptors (Lipinski definition) is 5. The first-order valence-corrected chi connectivity index (χ1v) is 10.2. The van der Waals surface area contributed by atoms with Crippen molar-refractivity contribution in [1.29, 1.82) is 0 Å². The molecule has 0 unspecified atom stereocenters. The van der Waals surface area contributed by atoms with Gasteiger partial charge in [0, 0.05) is 36.6 Å². The zero-order valence-electron chi connectivity index (χ0n) is 16.5. The zero-order chi connectivity index (χ0) is 20.1. The summed E-state index contributed by atoms with van der Waals surface area (Å²) in [5, 5.41) is 0.104. The number of methoxy groups -OCH3 is 1. The minimum Gasteiger partial charge on any atom is -0.465 e. The van der Waals surface area contributed by atoms with Crippen molar-refractivity contribution in [2.45, 2.75) is 37.4 Å². The summed E-state index contributed by atoms with van der Waals surface area (Å²) in [7, 11) is 1.39. The van der Waals surface area contributed by atoms with E-state index in [2.05, 4.69) is 18.7 Å². The highest BCUT2D eigenvalue weighted by atomic mass is 32.2. The number of esters is 1. The van der Waals surface area contributed by atoms with Crippen molar-refractivity contribution in [3.05, 3.63) is 65.7 Å². The molecule has 28 heavy (non-hydrogen) atoms. The van der Waals surface area contributed by atoms with E-state index in [1.54, 1.807) is 12.1 Å². The van der Waals surface area contributed by atoms with Crippen LogP contribution >= 0.6 is 11.8 Å². The molecule has 0 N–H and O–H groups in total. The molecular weight excluding hydrogens is 372 g/mol. The minimum absolute atomic E-state index is 0.104. The molecule has 2 atom stereocenters. The van der Waals surface area contributed by atoms with Crippen LogP contribution in [-0.2, 0) is 11.3 Å². The van der Waals surface area contributed by atoms with E-state index in [4.69, 9.17) is 4.74 Å². The van der Waals surface area contributed by atoms with Gasteiger partial charge in [-0.05, 0) is 55.4 Å². The van der Waals surface area contributed by atoms with Gasteiger partial charge in [-0.25, -0.2) is 4.79 Å². The van der Waals surface area contributed by atoms with E-state index >= 15 is 0 Å². The molecule has 2 aromatic carbocycles. The summed E-state index contributed by atoms with van der Waals surface area (Å²) < 4.78 is 4.75. The maximum absolute atomic E-state index is 12.7. The van der Waals surface area contributed by atoms with Crippen molar-refractivity contribution in [3.63, 3.8) is 0 Å². The lowest BCUT2D eigenvalue weighted by Crippen LogP contribution is -2.56. The molecule has 3 rings (SSSR count). The molecule has 1 aliphatic heterocycles. The second-order valence-corrected chi connectivity index (χ2v) is 8.17. The first-order valence-electron chi connectivity index (χ1n) is 9.42. The predicted molar refractivity (Wildman–Crippen MR) is 112 cm³/mol. The molecule has 0 radical (unpaired) electrons. The summed E-state index contributed by atoms with van der Waals surface area (Å²) in [6.07, 6.45) is 0. The lowest BCUT2D eigenvalue weighted by atomic mass is 10.1. The van der Waals surface area contributed by atoms with Crippen LogP contribution in [-0.4, -0.2) is 53.3 Å². The highest BCUT2D eigenvalue weighted by Crippen LogP contribution is 2.25. The minimum atomic E-state index is -0.323. The topological polar surface area (TPSA) is 49.9 Å². The number of ether oxygens (including phenoxy) is 1. The maximum Gasteiger partial charge on any atom is 0.337 e. The van der Waals surface area contributed by atoms with Gasteiger partial charge in [-0.15, -0.1) is 0 Å². The summed E-state index contributed by atoms with van der Waals surface area (Å²) in [6.45, 7) is 6.53. The van der Waals surface area contributed by atoms with Gasteiger partial charge in [0.1, 0.15) is 0 Å². The summed E-state index contributed by atoms with van der Waals surface area (Å²) in [5.41, 5.74) is 1.70. The van der Waals surface area contributed by atoms with E-state index in [1.807, 2.05) is 47.4 Å². The quantitative estimate of drug-likeness (QED) is 0.568. The number of carbonyl (C=O) groups excluding carboxylic acids is 2. The molecule has 5 nitrogen and oxygen atoms in total. The van der Waals surface area contributed by atoms with E-state index in [-0.39, 0.29) is 23.3 Å². The predicted octanol–water partition coefficient (Wildman–Crippen LogP) is 4.28. The van der Waals surface area contributed by atoms with Crippen LogP contribution in [0.4, 0.5) is 4.79 Å². The summed E-state index contributed by atoms with van der Waals surface area (Å²) >= 11 is 1.29. The Labute approximate surface area is 170 Å². The largest absolute Gasteiger partial charge is 0.465 e. The molecule has 0 saturated carbocycles. The van der Waals surface area contributed by atoms with Crippen molar-refractivity contribution >= 4 is 23.0 Å². The van der Waals surface area contributed by atoms with Gasteiger partial charge in [0.05, 0.1) is 12.7 Å². The van der Waals surface area contributed by atoms with Crippen LogP contribution in [0, 0.1) is 0 Å². The number of rotatable bonds is 4. The number of amides is 1. The molecule has 1 saturated heterocycles. The second-order valence-electron chi connectivity index (χ2n) is 7.14. The lowest BCUT2D eigenvalue weighted by Gasteiger charge is -2.44. The molecule has 1 amide bonds. The third-order valence-corrected chi connectivity index (χ3v) is 5.99. The highest BCUT2D eigenvalue weighted by Gasteiger charge is 2.32. The Hall–Kier alpha value is -2.31. The lowest BCUT2D eigenvalue weighted by molar-refractivity contribution is 0.0554. The van der Waals surface area contributed by atoms with E-state index in [0.717, 1.165) is 17.0 Å². The van der Waals surface area contributed by atoms with E-state index in [0.29, 0.717) is 18.7 Å². The van der Waals surface area contributed by atoms with Crippen LogP contribution in [0.3, 0.4) is 0 Å². The highest BCUT2D eigenvalue weighted by molar-refractivity contribution is 8.13. The Balaban J connectivity index is 1.60. The summed E-state index contributed by atoms with van der Waals surface area (Å²) in [5.74, 6) is -0.323. The molecule has 148 valence electrons. The number of hydrogen-bond donors (Lipinski definition) is 0. The number of carbonyl (C=O) groups is 2. The average Bonchev–Trinajstić information content (AvgIpc) is 2.71. The van der Waals surface area contributed by atoms with E-state index < -0.39 is 0 Å². The number of piperazine rings is 1. The molecule has 0 aromatic heterocycles. The van der Waals surface area contributed by atoms with Gasteiger partial charge in [0.25, 0.3) is 5.24 Å². The van der Waals surface area contributed by atoms with Crippen LogP contribution in [0.1, 0.15) is 29.8 Å². The van der Waals surface area contributed by atoms with Gasteiger partial charge >= 0.3 is 5.97 Å². The van der Waals surface area contributed by atoms with Gasteiger partial charge < -0.3 is 9.64 Å². The van der Waals surface area contributed by atoms with E-state index in [9.17, 15) is 9.59 Å². The molecule has 1 fully saturated rings. The van der Waals surface area contributed by atoms with Crippen molar-refractivity contribution in [1.82, 2.24) is 9.80 Å². The van der Waals surface area contributed by atoms with Gasteiger partial charge in [-0.3, -0.25) is 9.69 Å². The molecular formula is C22H26N2O3S. The van der Waals surface area contributed by atoms with Gasteiger partial charge in [0.2, 0.25) is 0 Å². The third kappa shape index (κ3) is 4.94. The zero-order valence-corrected chi connectivity index (χ0v) is 17.3. The molecule has 0 bridgehead atoms. The van der Waals surface area contributed by atoms with Gasteiger partial charge in [-0.2, -0.15) is 0 Å². The summed E-state index contributed by atoms with van der Waals surface area (Å²) in [6, 6.07) is 17.8. The molecule has 1 heterocycles. The van der Waals surface area contributed by atoms with E-state index in [1.165, 1.54) is 18.9 Å². The maximum atomic E-state index is 12.7. The smallest absolute Gasteiger partial charge is 0.337 e. The first kappa shape index (κ1) is 20.4. The van der Waals surface area contributed by atoms with Crippen molar-refractivity contribution < 1.29 is 14.3 Å². The van der Waals surface area contributed by atoms with Gasteiger partial charge in [-0.1, -0.05) is 30.3 Å². The Morgan fingerprint density at radius 1 is 1.00 bits per heavy atom. The third-order valence-electron chi connectivity index (χ3n) is 5.05. The van der Waals surface area contributed by atoms with Crippen molar-refractivity contribution in [2.24, 2.45) is 0 Å². The van der Waals surface area contributed by atoms with Crippen LogP contribution in [0.5, 0.6) is 0 Å². The number of benzene rings is 2. The van der Waals surface area contributed by atoms with Crippen LogP contribution in [0.25, 0.3) is 0 Å².